The summed E-state index contributed by atoms with van der Waals surface area (Å²) < 4.78 is -1.62. The van der Waals surface area contributed by atoms with Gasteiger partial charge in [-0.2, -0.15) is 0 Å². The van der Waals surface area contributed by atoms with Gasteiger partial charge >= 0.3 is 5.97 Å². The topological polar surface area (TPSA) is 58.9 Å². The van der Waals surface area contributed by atoms with Gasteiger partial charge in [0.2, 0.25) is 0 Å². The van der Waals surface area contributed by atoms with Crippen LogP contribution in [0.5, 0.6) is 0 Å². The minimum absolute atomic E-state index is 0.154. The van der Waals surface area contributed by atoms with Crippen LogP contribution in [0.3, 0.4) is 0 Å². The number of rotatable bonds is 3. The van der Waals surface area contributed by atoms with E-state index in [9.17, 15) is 4.79 Å². The zero-order valence-electron chi connectivity index (χ0n) is 8.64. The van der Waals surface area contributed by atoms with Gasteiger partial charge in [0.05, 0.1) is 5.92 Å². The smallest absolute Gasteiger partial charge is 0.354 e. The largest absolute Gasteiger partial charge is 0.477 e. The highest BCUT2D eigenvalue weighted by Gasteiger charge is 2.48. The molecule has 0 spiro atoms. The summed E-state index contributed by atoms with van der Waals surface area (Å²) in [6, 6.07) is 9.30. The first-order valence-electron chi connectivity index (χ1n) is 4.92. The van der Waals surface area contributed by atoms with Crippen LogP contribution in [0.4, 0.5) is 0 Å². The summed E-state index contributed by atoms with van der Waals surface area (Å²) in [4.78, 5) is 15.7. The number of nitrogens with zero attached hydrogens (tertiary/aromatic N) is 1. The Labute approximate surface area is 108 Å². The van der Waals surface area contributed by atoms with Crippen LogP contribution in [0.15, 0.2) is 35.5 Å². The van der Waals surface area contributed by atoms with Crippen molar-refractivity contribution in [2.75, 3.05) is 0 Å². The van der Waals surface area contributed by atoms with Crippen LogP contribution in [-0.2, 0) is 16.1 Å². The van der Waals surface area contributed by atoms with Crippen LogP contribution >= 0.6 is 23.2 Å². The summed E-state index contributed by atoms with van der Waals surface area (Å²) in [5.41, 5.74) is 0.765. The van der Waals surface area contributed by atoms with E-state index in [2.05, 4.69) is 5.16 Å². The van der Waals surface area contributed by atoms with Crippen molar-refractivity contribution < 1.29 is 14.7 Å². The van der Waals surface area contributed by atoms with Crippen LogP contribution < -0.4 is 0 Å². The van der Waals surface area contributed by atoms with E-state index in [1.165, 1.54) is 0 Å². The van der Waals surface area contributed by atoms with E-state index in [1.807, 2.05) is 30.3 Å². The fraction of sp³-hybridized carbons (Fsp3) is 0.273. The van der Waals surface area contributed by atoms with E-state index in [0.717, 1.165) is 5.56 Å². The van der Waals surface area contributed by atoms with Crippen molar-refractivity contribution in [3.63, 3.8) is 0 Å². The lowest BCUT2D eigenvalue weighted by Gasteiger charge is -2.19. The Balaban J connectivity index is 2.23. The zero-order chi connectivity index (χ0) is 12.5. The molecule has 17 heavy (non-hydrogen) atoms. The molecule has 1 N–H and O–H groups in total. The van der Waals surface area contributed by atoms with Gasteiger partial charge in [0.15, 0.2) is 5.71 Å². The number of hydrogen-bond donors (Lipinski definition) is 1. The van der Waals surface area contributed by atoms with Crippen LogP contribution in [0.25, 0.3) is 0 Å². The Morgan fingerprint density at radius 3 is 2.65 bits per heavy atom. The van der Waals surface area contributed by atoms with Crippen molar-refractivity contribution in [1.82, 2.24) is 0 Å². The van der Waals surface area contributed by atoms with E-state index >= 15 is 0 Å². The maximum atomic E-state index is 11.0. The first kappa shape index (κ1) is 12.2. The Kier molecular flexibility index (Phi) is 3.26. The van der Waals surface area contributed by atoms with Crippen LogP contribution in [0.2, 0.25) is 0 Å². The minimum Gasteiger partial charge on any atom is -0.477 e. The van der Waals surface area contributed by atoms with E-state index < -0.39 is 16.4 Å². The average molecular weight is 274 g/mol. The van der Waals surface area contributed by atoms with Gasteiger partial charge in [-0.25, -0.2) is 4.79 Å². The quantitative estimate of drug-likeness (QED) is 0.861. The first-order chi connectivity index (χ1) is 8.00. The lowest BCUT2D eigenvalue weighted by Crippen LogP contribution is -2.33. The van der Waals surface area contributed by atoms with Crippen molar-refractivity contribution in [3.8, 4) is 0 Å². The maximum Gasteiger partial charge on any atom is 0.354 e. The van der Waals surface area contributed by atoms with Gasteiger partial charge < -0.3 is 9.94 Å². The number of hydrogen-bond acceptors (Lipinski definition) is 3. The third-order valence-corrected chi connectivity index (χ3v) is 3.17. The normalized spacial score (nSPS) is 21.8. The molecule has 4 nitrogen and oxygen atoms in total. The number of benzene rings is 1. The van der Waals surface area contributed by atoms with E-state index in [4.69, 9.17) is 33.1 Å². The molecule has 0 saturated carbocycles. The second-order valence-electron chi connectivity index (χ2n) is 3.68. The SMILES string of the molecule is O=C(O)C1=NOC(Cl)(Cl)C1Cc1ccccc1. The van der Waals surface area contributed by atoms with E-state index in [-0.39, 0.29) is 5.71 Å². The highest BCUT2D eigenvalue weighted by Crippen LogP contribution is 2.39. The molecule has 1 aliphatic heterocycles. The summed E-state index contributed by atoms with van der Waals surface area (Å²) in [5.74, 6) is -1.86. The molecular weight excluding hydrogens is 265 g/mol. The van der Waals surface area contributed by atoms with E-state index in [1.54, 1.807) is 0 Å². The van der Waals surface area contributed by atoms with Crippen LogP contribution in [0.1, 0.15) is 5.56 Å². The molecule has 0 saturated heterocycles. The Morgan fingerprint density at radius 2 is 2.06 bits per heavy atom. The van der Waals surface area contributed by atoms with Gasteiger partial charge in [0.25, 0.3) is 4.52 Å². The monoisotopic (exact) mass is 273 g/mol. The van der Waals surface area contributed by atoms with E-state index in [0.29, 0.717) is 6.42 Å². The molecule has 1 unspecified atom stereocenters. The summed E-state index contributed by atoms with van der Waals surface area (Å²) in [5, 5.41) is 12.4. The second-order valence-corrected chi connectivity index (χ2v) is 4.99. The molecule has 90 valence electrons. The molecule has 0 bridgehead atoms. The third-order valence-electron chi connectivity index (χ3n) is 2.50. The molecule has 1 aromatic carbocycles. The van der Waals surface area contributed by atoms with Crippen molar-refractivity contribution in [3.05, 3.63) is 35.9 Å². The third kappa shape index (κ3) is 2.53. The fourth-order valence-corrected chi connectivity index (χ4v) is 2.08. The lowest BCUT2D eigenvalue weighted by molar-refractivity contribution is -0.129. The van der Waals surface area contributed by atoms with Crippen molar-refractivity contribution in [2.24, 2.45) is 11.1 Å². The summed E-state index contributed by atoms with van der Waals surface area (Å²) in [6.07, 6.45) is 0.360. The summed E-state index contributed by atoms with van der Waals surface area (Å²) in [6.45, 7) is 0. The second kappa shape index (κ2) is 4.55. The molecule has 0 aromatic heterocycles. The van der Waals surface area contributed by atoms with Crippen molar-refractivity contribution in [2.45, 2.75) is 10.9 Å². The highest BCUT2D eigenvalue weighted by atomic mass is 35.5. The summed E-state index contributed by atoms with van der Waals surface area (Å²) >= 11 is 11.8. The molecule has 1 heterocycles. The van der Waals surface area contributed by atoms with Crippen molar-refractivity contribution >= 4 is 34.9 Å². The Bertz CT molecular complexity index is 459. The van der Waals surface area contributed by atoms with Gasteiger partial charge in [0.1, 0.15) is 0 Å². The van der Waals surface area contributed by atoms with Gasteiger partial charge in [-0.05, 0) is 12.0 Å². The van der Waals surface area contributed by atoms with Gasteiger partial charge in [-0.15, -0.1) is 0 Å². The number of oxime groups is 1. The van der Waals surface area contributed by atoms with Gasteiger partial charge in [0, 0.05) is 0 Å². The van der Waals surface area contributed by atoms with Gasteiger partial charge in [-0.3, -0.25) is 0 Å². The Morgan fingerprint density at radius 1 is 1.41 bits per heavy atom. The lowest BCUT2D eigenvalue weighted by atomic mass is 9.95. The van der Waals surface area contributed by atoms with Crippen LogP contribution in [0, 0.1) is 5.92 Å². The predicted octanol–water partition coefficient (Wildman–Crippen LogP) is 2.45. The molecular formula is C11H9Cl2NO3. The molecule has 0 fully saturated rings. The standard InChI is InChI=1S/C11H9Cl2NO3/c12-11(13)8(9(10(15)16)14-17-11)6-7-4-2-1-3-5-7/h1-5,8H,6H2,(H,15,16). The minimum atomic E-state index is -1.62. The molecule has 1 aliphatic rings. The Hall–Kier alpha value is -1.26. The number of halogens is 2. The zero-order valence-corrected chi connectivity index (χ0v) is 10.1. The number of carboxylic acids is 1. The highest BCUT2D eigenvalue weighted by molar-refractivity contribution is 6.51. The summed E-state index contributed by atoms with van der Waals surface area (Å²) in [7, 11) is 0. The molecule has 1 atom stereocenters. The molecule has 6 heteroatoms. The number of aliphatic carboxylic acids is 1. The fourth-order valence-electron chi connectivity index (χ4n) is 1.65. The predicted molar refractivity (Wildman–Crippen MR) is 64.2 cm³/mol. The number of carbonyl (C=O) groups is 1. The number of carboxylic acid groups (broad SMARTS) is 1. The first-order valence-corrected chi connectivity index (χ1v) is 5.67. The average Bonchev–Trinajstić information content (AvgIpc) is 2.56. The molecule has 0 aliphatic carbocycles. The van der Waals surface area contributed by atoms with Crippen LogP contribution in [-0.4, -0.2) is 21.3 Å². The molecule has 1 aromatic rings. The van der Waals surface area contributed by atoms with Gasteiger partial charge in [-0.1, -0.05) is 58.7 Å². The molecule has 0 amide bonds. The number of alkyl halides is 2. The molecule has 2 rings (SSSR count). The van der Waals surface area contributed by atoms with Crippen molar-refractivity contribution in [1.29, 1.82) is 0 Å². The maximum absolute atomic E-state index is 11.0. The molecule has 0 radical (unpaired) electrons.